The van der Waals surface area contributed by atoms with Crippen LogP contribution in [0, 0.1) is 6.92 Å². The molecule has 0 bridgehead atoms. The van der Waals surface area contributed by atoms with Crippen molar-refractivity contribution in [1.82, 2.24) is 14.9 Å². The van der Waals surface area contributed by atoms with Gasteiger partial charge in [-0.1, -0.05) is 24.3 Å². The van der Waals surface area contributed by atoms with Crippen LogP contribution in [-0.4, -0.2) is 54.7 Å². The van der Waals surface area contributed by atoms with Crippen LogP contribution in [0.5, 0.6) is 5.75 Å². The summed E-state index contributed by atoms with van der Waals surface area (Å²) in [4.78, 5) is 12.9. The van der Waals surface area contributed by atoms with Crippen LogP contribution in [0.4, 0.5) is 5.69 Å². The molecule has 1 unspecified atom stereocenters. The number of aromatic nitrogens is 2. The lowest BCUT2D eigenvalue weighted by atomic mass is 10.2. The molecule has 1 atom stereocenters. The van der Waals surface area contributed by atoms with E-state index in [4.69, 9.17) is 15.5 Å². The van der Waals surface area contributed by atoms with E-state index >= 15 is 0 Å². The summed E-state index contributed by atoms with van der Waals surface area (Å²) in [5.41, 5.74) is 10.9. The van der Waals surface area contributed by atoms with Crippen LogP contribution in [0.2, 0.25) is 0 Å². The van der Waals surface area contributed by atoms with Gasteiger partial charge in [0.1, 0.15) is 11.6 Å². The molecule has 0 spiro atoms. The molecule has 0 amide bonds. The van der Waals surface area contributed by atoms with Gasteiger partial charge in [0, 0.05) is 32.7 Å². The van der Waals surface area contributed by atoms with Crippen molar-refractivity contribution in [2.24, 2.45) is 5.73 Å². The summed E-state index contributed by atoms with van der Waals surface area (Å²) >= 11 is 0. The molecule has 7 heteroatoms. The van der Waals surface area contributed by atoms with Crippen LogP contribution >= 0.6 is 17.0 Å². The Hall–Kier alpha value is -2.09. The van der Waals surface area contributed by atoms with Crippen molar-refractivity contribution in [2.45, 2.75) is 13.0 Å². The number of methoxy groups -OCH3 is 1. The summed E-state index contributed by atoms with van der Waals surface area (Å²) in [7, 11) is 1.73. The third-order valence-electron chi connectivity index (χ3n) is 5.34. The number of benzene rings is 2. The minimum absolute atomic E-state index is 0. The normalized spacial score (nSPS) is 16.0. The standard InChI is InChI=1S/C21H27N5O.BrH/c1-15-6-5-7-17-20(15)24-21(23-17)16(22)14-25-10-12-26(13-11-25)18-8-3-4-9-19(18)27-2;/h3-9,16H,10-14,22H2,1-2H3,(H,23,24);1H. The molecule has 4 rings (SSSR count). The Bertz CT molecular complexity index is 920. The van der Waals surface area contributed by atoms with Crippen molar-refractivity contribution in [3.63, 3.8) is 0 Å². The van der Waals surface area contributed by atoms with E-state index in [-0.39, 0.29) is 23.0 Å². The van der Waals surface area contributed by atoms with Crippen molar-refractivity contribution < 1.29 is 4.74 Å². The van der Waals surface area contributed by atoms with Crippen LogP contribution in [0.3, 0.4) is 0 Å². The highest BCUT2D eigenvalue weighted by Gasteiger charge is 2.22. The molecule has 0 radical (unpaired) electrons. The monoisotopic (exact) mass is 445 g/mol. The Morgan fingerprint density at radius 1 is 1.11 bits per heavy atom. The average Bonchev–Trinajstić information content (AvgIpc) is 3.14. The fraction of sp³-hybridized carbons (Fsp3) is 0.381. The highest BCUT2D eigenvalue weighted by Crippen LogP contribution is 2.28. The first-order valence-electron chi connectivity index (χ1n) is 9.47. The van der Waals surface area contributed by atoms with Crippen LogP contribution in [0.25, 0.3) is 11.0 Å². The SMILES string of the molecule is Br.COc1ccccc1N1CCN(CC(N)c2nc3c(C)cccc3[nH]2)CC1. The van der Waals surface area contributed by atoms with Gasteiger partial charge in [-0.2, -0.15) is 0 Å². The number of aryl methyl sites for hydroxylation is 1. The molecule has 3 aromatic rings. The molecule has 1 saturated heterocycles. The number of nitrogens with two attached hydrogens (primary N) is 1. The van der Waals surface area contributed by atoms with Crippen LogP contribution in [0.15, 0.2) is 42.5 Å². The number of H-pyrrole nitrogens is 1. The number of piperazine rings is 1. The molecule has 1 aliphatic heterocycles. The summed E-state index contributed by atoms with van der Waals surface area (Å²) in [6.07, 6.45) is 0. The lowest BCUT2D eigenvalue weighted by molar-refractivity contribution is 0.240. The molecule has 2 heterocycles. The zero-order chi connectivity index (χ0) is 18.8. The zero-order valence-electron chi connectivity index (χ0n) is 16.4. The number of hydrogen-bond acceptors (Lipinski definition) is 5. The minimum Gasteiger partial charge on any atom is -0.495 e. The smallest absolute Gasteiger partial charge is 0.142 e. The maximum absolute atomic E-state index is 6.46. The molecule has 6 nitrogen and oxygen atoms in total. The maximum atomic E-state index is 6.46. The molecule has 1 aromatic heterocycles. The highest BCUT2D eigenvalue weighted by atomic mass is 79.9. The van der Waals surface area contributed by atoms with Crippen LogP contribution in [0.1, 0.15) is 17.4 Å². The molecule has 150 valence electrons. The maximum Gasteiger partial charge on any atom is 0.142 e. The molecular formula is C21H28BrN5O. The molecule has 0 saturated carbocycles. The molecular weight excluding hydrogens is 418 g/mol. The van der Waals surface area contributed by atoms with Gasteiger partial charge < -0.3 is 20.4 Å². The number of fused-ring (bicyclic) bond motifs is 1. The predicted octanol–water partition coefficient (Wildman–Crippen LogP) is 3.28. The summed E-state index contributed by atoms with van der Waals surface area (Å²) in [6, 6.07) is 14.3. The van der Waals surface area contributed by atoms with Crippen molar-refractivity contribution in [1.29, 1.82) is 0 Å². The Balaban J connectivity index is 0.00000225. The van der Waals surface area contributed by atoms with E-state index < -0.39 is 0 Å². The quantitative estimate of drug-likeness (QED) is 0.630. The topological polar surface area (TPSA) is 70.4 Å². The van der Waals surface area contributed by atoms with Crippen molar-refractivity contribution in [2.75, 3.05) is 44.7 Å². The summed E-state index contributed by atoms with van der Waals surface area (Å²) < 4.78 is 5.50. The van der Waals surface area contributed by atoms with E-state index in [1.54, 1.807) is 7.11 Å². The summed E-state index contributed by atoms with van der Waals surface area (Å²) in [6.45, 7) is 6.77. The molecule has 3 N–H and O–H groups in total. The van der Waals surface area contributed by atoms with E-state index in [1.165, 1.54) is 5.56 Å². The van der Waals surface area contributed by atoms with Gasteiger partial charge >= 0.3 is 0 Å². The number of halogens is 1. The van der Waals surface area contributed by atoms with E-state index in [2.05, 4.69) is 46.0 Å². The van der Waals surface area contributed by atoms with Gasteiger partial charge in [-0.15, -0.1) is 17.0 Å². The Labute approximate surface area is 176 Å². The highest BCUT2D eigenvalue weighted by molar-refractivity contribution is 8.93. The summed E-state index contributed by atoms with van der Waals surface area (Å²) in [5, 5.41) is 0. The number of para-hydroxylation sites is 3. The van der Waals surface area contributed by atoms with Gasteiger partial charge in [-0.25, -0.2) is 4.98 Å². The van der Waals surface area contributed by atoms with Crippen molar-refractivity contribution in [3.05, 3.63) is 53.9 Å². The van der Waals surface area contributed by atoms with Gasteiger partial charge in [0.05, 0.1) is 29.9 Å². The number of hydrogen-bond donors (Lipinski definition) is 2. The van der Waals surface area contributed by atoms with E-state index in [0.717, 1.165) is 61.0 Å². The lowest BCUT2D eigenvalue weighted by Gasteiger charge is -2.37. The average molecular weight is 446 g/mol. The van der Waals surface area contributed by atoms with Crippen LogP contribution in [-0.2, 0) is 0 Å². The van der Waals surface area contributed by atoms with Crippen molar-refractivity contribution >= 4 is 33.7 Å². The number of nitrogens with zero attached hydrogens (tertiary/aromatic N) is 3. The Morgan fingerprint density at radius 3 is 2.57 bits per heavy atom. The molecule has 0 aliphatic carbocycles. The molecule has 2 aromatic carbocycles. The fourth-order valence-corrected chi connectivity index (χ4v) is 3.80. The molecule has 1 fully saturated rings. The third kappa shape index (κ3) is 4.16. The van der Waals surface area contributed by atoms with Crippen LogP contribution < -0.4 is 15.4 Å². The number of ether oxygens (including phenoxy) is 1. The first-order valence-corrected chi connectivity index (χ1v) is 9.47. The van der Waals surface area contributed by atoms with E-state index in [1.807, 2.05) is 18.2 Å². The van der Waals surface area contributed by atoms with Gasteiger partial charge in [0.2, 0.25) is 0 Å². The first kappa shape index (κ1) is 20.6. The second-order valence-electron chi connectivity index (χ2n) is 7.16. The van der Waals surface area contributed by atoms with Gasteiger partial charge in [0.15, 0.2) is 0 Å². The second-order valence-corrected chi connectivity index (χ2v) is 7.16. The van der Waals surface area contributed by atoms with Crippen molar-refractivity contribution in [3.8, 4) is 5.75 Å². The predicted molar refractivity (Wildman–Crippen MR) is 120 cm³/mol. The first-order chi connectivity index (χ1) is 13.2. The zero-order valence-corrected chi connectivity index (χ0v) is 18.1. The second kappa shape index (κ2) is 8.94. The van der Waals surface area contributed by atoms with E-state index in [9.17, 15) is 0 Å². The van der Waals surface area contributed by atoms with E-state index in [0.29, 0.717) is 0 Å². The summed E-state index contributed by atoms with van der Waals surface area (Å²) in [5.74, 6) is 1.80. The lowest BCUT2D eigenvalue weighted by Crippen LogP contribution is -2.48. The Morgan fingerprint density at radius 2 is 1.86 bits per heavy atom. The number of rotatable bonds is 5. The third-order valence-corrected chi connectivity index (χ3v) is 5.34. The van der Waals surface area contributed by atoms with Gasteiger partial charge in [-0.3, -0.25) is 4.90 Å². The largest absolute Gasteiger partial charge is 0.495 e. The number of aromatic amines is 1. The fourth-order valence-electron chi connectivity index (χ4n) is 3.80. The molecule has 28 heavy (non-hydrogen) atoms. The molecule has 1 aliphatic rings. The Kier molecular flexibility index (Phi) is 6.59. The van der Waals surface area contributed by atoms with Gasteiger partial charge in [0.25, 0.3) is 0 Å². The van der Waals surface area contributed by atoms with Gasteiger partial charge in [-0.05, 0) is 30.7 Å². The minimum atomic E-state index is -0.116. The number of anilines is 1. The number of nitrogens with one attached hydrogen (secondary N) is 1. The number of imidazole rings is 1.